The molecule has 4 nitrogen and oxygen atoms in total. The molecule has 2 aliphatic heterocycles. The zero-order chi connectivity index (χ0) is 19.7. The van der Waals surface area contributed by atoms with Crippen LogP contribution >= 0.6 is 0 Å². The second kappa shape index (κ2) is 7.84. The van der Waals surface area contributed by atoms with E-state index in [1.807, 2.05) is 20.8 Å². The molecular weight excluding hydrogens is 348 g/mol. The van der Waals surface area contributed by atoms with E-state index in [0.717, 1.165) is 51.5 Å². The molecule has 2 saturated heterocycles. The molecule has 1 aromatic carbocycles. The molecule has 0 unspecified atom stereocenters. The van der Waals surface area contributed by atoms with Crippen LogP contribution in [0.4, 0.5) is 8.78 Å². The fourth-order valence-corrected chi connectivity index (χ4v) is 4.51. The van der Waals surface area contributed by atoms with E-state index in [0.29, 0.717) is 18.7 Å². The fourth-order valence-electron chi connectivity index (χ4n) is 4.51. The first-order valence-corrected chi connectivity index (χ1v) is 9.84. The van der Waals surface area contributed by atoms with E-state index in [-0.39, 0.29) is 16.9 Å². The van der Waals surface area contributed by atoms with Gasteiger partial charge in [-0.25, -0.2) is 8.78 Å². The molecule has 6 heteroatoms. The van der Waals surface area contributed by atoms with Crippen LogP contribution in [-0.2, 0) is 11.3 Å². The number of nitrogens with zero attached hydrogens (tertiary/aromatic N) is 2. The van der Waals surface area contributed by atoms with E-state index in [4.69, 9.17) is 0 Å². The number of likely N-dealkylation sites (tertiary alicyclic amines) is 2. The van der Waals surface area contributed by atoms with Gasteiger partial charge < -0.3 is 5.32 Å². The van der Waals surface area contributed by atoms with E-state index >= 15 is 0 Å². The Balaban J connectivity index is 1.57. The first-order chi connectivity index (χ1) is 12.7. The van der Waals surface area contributed by atoms with E-state index in [1.165, 1.54) is 0 Å². The quantitative estimate of drug-likeness (QED) is 0.873. The number of carbonyl (C=O) groups excluding carboxylic acids is 1. The minimum absolute atomic E-state index is 0.0639. The van der Waals surface area contributed by atoms with Gasteiger partial charge in [0, 0.05) is 30.7 Å². The highest BCUT2D eigenvalue weighted by Gasteiger charge is 2.41. The van der Waals surface area contributed by atoms with Crippen LogP contribution in [0.1, 0.15) is 45.6 Å². The van der Waals surface area contributed by atoms with Gasteiger partial charge in [0.2, 0.25) is 5.91 Å². The number of benzene rings is 1. The zero-order valence-corrected chi connectivity index (χ0v) is 16.7. The minimum Gasteiger partial charge on any atom is -0.350 e. The summed E-state index contributed by atoms with van der Waals surface area (Å²) in [6, 6.07) is 4.39. The fraction of sp³-hybridized carbons (Fsp3) is 0.667. The first-order valence-electron chi connectivity index (χ1n) is 9.84. The Morgan fingerprint density at radius 2 is 1.89 bits per heavy atom. The molecule has 0 bridgehead atoms. The van der Waals surface area contributed by atoms with Gasteiger partial charge in [-0.2, -0.15) is 0 Å². The van der Waals surface area contributed by atoms with Crippen molar-refractivity contribution in [2.45, 2.75) is 52.1 Å². The normalized spacial score (nSPS) is 24.5. The van der Waals surface area contributed by atoms with Gasteiger partial charge in [-0.05, 0) is 64.6 Å². The Morgan fingerprint density at radius 1 is 1.15 bits per heavy atom. The summed E-state index contributed by atoms with van der Waals surface area (Å²) in [7, 11) is 0. The van der Waals surface area contributed by atoms with E-state index < -0.39 is 11.6 Å². The van der Waals surface area contributed by atoms with Crippen LogP contribution in [0.3, 0.4) is 0 Å². The van der Waals surface area contributed by atoms with Crippen LogP contribution in [0.25, 0.3) is 0 Å². The van der Waals surface area contributed by atoms with Crippen molar-refractivity contribution in [1.29, 1.82) is 0 Å². The number of piperidine rings is 1. The van der Waals surface area contributed by atoms with Crippen molar-refractivity contribution in [3.05, 3.63) is 35.4 Å². The van der Waals surface area contributed by atoms with Crippen LogP contribution in [0.2, 0.25) is 0 Å². The van der Waals surface area contributed by atoms with E-state index in [1.54, 1.807) is 12.1 Å². The Kier molecular flexibility index (Phi) is 5.87. The van der Waals surface area contributed by atoms with Crippen LogP contribution in [0.5, 0.6) is 0 Å². The highest BCUT2D eigenvalue weighted by Crippen LogP contribution is 2.39. The Labute approximate surface area is 160 Å². The zero-order valence-electron chi connectivity index (χ0n) is 16.7. The second-order valence-corrected chi connectivity index (χ2v) is 9.29. The van der Waals surface area contributed by atoms with E-state index in [2.05, 4.69) is 15.1 Å². The van der Waals surface area contributed by atoms with Gasteiger partial charge in [-0.3, -0.25) is 14.6 Å². The van der Waals surface area contributed by atoms with Gasteiger partial charge in [0.25, 0.3) is 0 Å². The molecule has 1 spiro atoms. The lowest BCUT2D eigenvalue weighted by Crippen LogP contribution is -2.47. The predicted molar refractivity (Wildman–Crippen MR) is 102 cm³/mol. The molecule has 27 heavy (non-hydrogen) atoms. The summed E-state index contributed by atoms with van der Waals surface area (Å²) in [6.07, 6.45) is 3.24. The molecular formula is C21H31F2N3O. The third kappa shape index (κ3) is 5.26. The van der Waals surface area contributed by atoms with Crippen LogP contribution < -0.4 is 5.32 Å². The Hall–Kier alpha value is -1.53. The maximum atomic E-state index is 14.0. The van der Waals surface area contributed by atoms with Crippen LogP contribution in [0.15, 0.2) is 18.2 Å². The molecule has 1 N–H and O–H groups in total. The molecule has 0 saturated carbocycles. The maximum absolute atomic E-state index is 14.0. The Bertz CT molecular complexity index is 688. The standard InChI is InChI=1S/C21H31F2N3O/c1-20(2,3)24-18(27)13-26-11-9-21(15-26)8-5-10-25(14-21)12-16-6-4-7-17(22)19(16)23/h4,6-7H,5,8-15H2,1-3H3,(H,24,27)/t21-/m1/s1. The number of nitrogens with one attached hydrogen (secondary N) is 1. The lowest BCUT2D eigenvalue weighted by Gasteiger charge is -2.40. The summed E-state index contributed by atoms with van der Waals surface area (Å²) in [5, 5.41) is 3.02. The number of hydrogen-bond acceptors (Lipinski definition) is 3. The first kappa shape index (κ1) is 20.2. The van der Waals surface area contributed by atoms with Gasteiger partial charge in [0.05, 0.1) is 6.54 Å². The summed E-state index contributed by atoms with van der Waals surface area (Å²) in [6.45, 7) is 10.4. The summed E-state index contributed by atoms with van der Waals surface area (Å²) < 4.78 is 27.5. The predicted octanol–water partition coefficient (Wildman–Crippen LogP) is 3.17. The summed E-state index contributed by atoms with van der Waals surface area (Å²) in [4.78, 5) is 16.7. The number of amides is 1. The summed E-state index contributed by atoms with van der Waals surface area (Å²) in [5.41, 5.74) is 0.362. The highest BCUT2D eigenvalue weighted by molar-refractivity contribution is 5.78. The smallest absolute Gasteiger partial charge is 0.234 e. The summed E-state index contributed by atoms with van der Waals surface area (Å²) in [5.74, 6) is -1.45. The number of halogens is 2. The molecule has 150 valence electrons. The van der Waals surface area contributed by atoms with E-state index in [9.17, 15) is 13.6 Å². The lowest BCUT2D eigenvalue weighted by molar-refractivity contribution is -0.123. The third-order valence-electron chi connectivity index (χ3n) is 5.56. The minimum atomic E-state index is -0.781. The monoisotopic (exact) mass is 379 g/mol. The van der Waals surface area contributed by atoms with Gasteiger partial charge >= 0.3 is 0 Å². The SMILES string of the molecule is CC(C)(C)NC(=O)CN1CC[C@@]2(CCCN(Cc3cccc(F)c3F)C2)C1. The molecule has 1 aromatic rings. The number of rotatable bonds is 4. The molecule has 3 rings (SSSR count). The molecule has 2 heterocycles. The lowest BCUT2D eigenvalue weighted by atomic mass is 9.79. The van der Waals surface area contributed by atoms with Crippen molar-refractivity contribution in [2.24, 2.45) is 5.41 Å². The topological polar surface area (TPSA) is 35.6 Å². The maximum Gasteiger partial charge on any atom is 0.234 e. The van der Waals surface area contributed by atoms with Gasteiger partial charge in [-0.1, -0.05) is 12.1 Å². The molecule has 1 amide bonds. The Morgan fingerprint density at radius 3 is 2.63 bits per heavy atom. The van der Waals surface area contributed by atoms with Gasteiger partial charge in [-0.15, -0.1) is 0 Å². The average molecular weight is 379 g/mol. The largest absolute Gasteiger partial charge is 0.350 e. The average Bonchev–Trinajstić information content (AvgIpc) is 2.92. The summed E-state index contributed by atoms with van der Waals surface area (Å²) >= 11 is 0. The van der Waals surface area contributed by atoms with Crippen LogP contribution in [-0.4, -0.2) is 54.0 Å². The number of carbonyl (C=O) groups is 1. The highest BCUT2D eigenvalue weighted by atomic mass is 19.2. The van der Waals surface area contributed by atoms with Crippen molar-refractivity contribution in [3.8, 4) is 0 Å². The molecule has 1 atom stereocenters. The van der Waals surface area contributed by atoms with Crippen molar-refractivity contribution in [2.75, 3.05) is 32.7 Å². The molecule has 2 aliphatic rings. The molecule has 0 aromatic heterocycles. The van der Waals surface area contributed by atoms with Crippen molar-refractivity contribution in [3.63, 3.8) is 0 Å². The second-order valence-electron chi connectivity index (χ2n) is 9.29. The van der Waals surface area contributed by atoms with Crippen molar-refractivity contribution >= 4 is 5.91 Å². The molecule has 0 radical (unpaired) electrons. The van der Waals surface area contributed by atoms with Crippen LogP contribution in [0, 0.1) is 17.0 Å². The third-order valence-corrected chi connectivity index (χ3v) is 5.56. The molecule has 0 aliphatic carbocycles. The van der Waals surface area contributed by atoms with Crippen molar-refractivity contribution < 1.29 is 13.6 Å². The number of hydrogen-bond donors (Lipinski definition) is 1. The van der Waals surface area contributed by atoms with Gasteiger partial charge in [0.1, 0.15) is 0 Å². The van der Waals surface area contributed by atoms with Crippen molar-refractivity contribution in [1.82, 2.24) is 15.1 Å². The molecule has 2 fully saturated rings. The van der Waals surface area contributed by atoms with Gasteiger partial charge in [0.15, 0.2) is 11.6 Å².